The number of para-hydroxylation sites is 1. The number of nitrogens with zero attached hydrogens (tertiary/aromatic N) is 3. The molecule has 0 amide bonds. The third-order valence-electron chi connectivity index (χ3n) is 3.94. The maximum absolute atomic E-state index is 13.2. The number of benzene rings is 2. The number of rotatable bonds is 5. The molecule has 0 bridgehead atoms. The fraction of sp³-hybridized carbons (Fsp3) is 0.150. The second kappa shape index (κ2) is 8.37. The lowest BCUT2D eigenvalue weighted by Crippen LogP contribution is -2.07. The van der Waals surface area contributed by atoms with Crippen LogP contribution < -0.4 is 0 Å². The molecule has 3 rings (SSSR count). The van der Waals surface area contributed by atoms with Gasteiger partial charge in [0.2, 0.25) is 0 Å². The highest BCUT2D eigenvalue weighted by molar-refractivity contribution is 6.32. The summed E-state index contributed by atoms with van der Waals surface area (Å²) in [5, 5.41) is 12.4. The van der Waals surface area contributed by atoms with Crippen LogP contribution in [0, 0.1) is 11.3 Å². The van der Waals surface area contributed by atoms with Crippen molar-refractivity contribution in [2.45, 2.75) is 12.6 Å². The summed E-state index contributed by atoms with van der Waals surface area (Å²) in [6, 6.07) is 15.0. The molecule has 0 atom stereocenters. The number of hydrogen-bond donors (Lipinski definition) is 0. The third kappa shape index (κ3) is 4.58. The fourth-order valence-corrected chi connectivity index (χ4v) is 2.80. The number of carbonyl (C=O) groups is 1. The molecule has 9 heteroatoms. The molecule has 148 valence electrons. The van der Waals surface area contributed by atoms with E-state index in [9.17, 15) is 18.0 Å². The summed E-state index contributed by atoms with van der Waals surface area (Å²) in [4.78, 5) is 11.9. The van der Waals surface area contributed by atoms with Gasteiger partial charge in [0, 0.05) is 5.56 Å². The predicted octanol–water partition coefficient (Wildman–Crippen LogP) is 5.28. The van der Waals surface area contributed by atoms with E-state index in [4.69, 9.17) is 21.6 Å². The lowest BCUT2D eigenvalue weighted by molar-refractivity contribution is -0.141. The first-order valence-corrected chi connectivity index (χ1v) is 8.75. The quantitative estimate of drug-likeness (QED) is 0.416. The molecule has 0 radical (unpaired) electrons. The van der Waals surface area contributed by atoms with Gasteiger partial charge >= 0.3 is 12.1 Å². The topological polar surface area (TPSA) is 67.9 Å². The van der Waals surface area contributed by atoms with E-state index in [0.717, 1.165) is 10.7 Å². The standard InChI is InChI=1S/C20H13ClF3N3O2/c21-15-4-1-2-5-16(15)27-17(12-18(26-27)20(22,23)24)13-6-8-14(9-7-13)19(28)29-11-3-10-25/h1-2,4-9,12H,3,11H2. The number of nitriles is 1. The number of aromatic nitrogens is 2. The van der Waals surface area contributed by atoms with Gasteiger partial charge in [-0.3, -0.25) is 0 Å². The summed E-state index contributed by atoms with van der Waals surface area (Å²) in [6.07, 6.45) is -4.56. The molecular weight excluding hydrogens is 407 g/mol. The van der Waals surface area contributed by atoms with Crippen LogP contribution in [0.15, 0.2) is 54.6 Å². The van der Waals surface area contributed by atoms with Gasteiger partial charge in [-0.25, -0.2) is 9.48 Å². The lowest BCUT2D eigenvalue weighted by Gasteiger charge is -2.10. The van der Waals surface area contributed by atoms with Gasteiger partial charge in [0.1, 0.15) is 6.61 Å². The summed E-state index contributed by atoms with van der Waals surface area (Å²) in [5.41, 5.74) is 0.00919. The number of hydrogen-bond acceptors (Lipinski definition) is 4. The number of esters is 1. The average Bonchev–Trinajstić information content (AvgIpc) is 3.14. The van der Waals surface area contributed by atoms with E-state index in [0.29, 0.717) is 11.3 Å². The van der Waals surface area contributed by atoms with E-state index in [2.05, 4.69) is 5.10 Å². The molecule has 3 aromatic rings. The molecule has 0 aliphatic carbocycles. The second-order valence-electron chi connectivity index (χ2n) is 5.90. The highest BCUT2D eigenvalue weighted by atomic mass is 35.5. The molecule has 0 saturated heterocycles. The molecule has 5 nitrogen and oxygen atoms in total. The normalized spacial score (nSPS) is 11.1. The van der Waals surface area contributed by atoms with Gasteiger partial charge in [-0.05, 0) is 30.3 Å². The van der Waals surface area contributed by atoms with Crippen LogP contribution >= 0.6 is 11.6 Å². The van der Waals surface area contributed by atoms with Crippen LogP contribution in [-0.4, -0.2) is 22.4 Å². The van der Waals surface area contributed by atoms with Crippen molar-refractivity contribution in [2.75, 3.05) is 6.61 Å². The van der Waals surface area contributed by atoms with E-state index < -0.39 is 17.8 Å². The summed E-state index contributed by atoms with van der Waals surface area (Å²) in [7, 11) is 0. The molecule has 0 saturated carbocycles. The molecular formula is C20H13ClF3N3O2. The van der Waals surface area contributed by atoms with Gasteiger partial charge in [0.15, 0.2) is 5.69 Å². The van der Waals surface area contributed by atoms with E-state index in [1.165, 1.54) is 24.3 Å². The van der Waals surface area contributed by atoms with Crippen LogP contribution in [0.4, 0.5) is 13.2 Å². The van der Waals surface area contributed by atoms with Crippen LogP contribution in [0.1, 0.15) is 22.5 Å². The molecule has 0 N–H and O–H groups in total. The van der Waals surface area contributed by atoms with Crippen molar-refractivity contribution in [3.63, 3.8) is 0 Å². The first-order chi connectivity index (χ1) is 13.8. The summed E-state index contributed by atoms with van der Waals surface area (Å²) < 4.78 is 45.8. The Hall–Kier alpha value is -3.31. The van der Waals surface area contributed by atoms with Crippen LogP contribution in [0.2, 0.25) is 5.02 Å². The minimum absolute atomic E-state index is 0.0364. The van der Waals surface area contributed by atoms with Crippen molar-refractivity contribution in [3.8, 4) is 23.0 Å². The van der Waals surface area contributed by atoms with Gasteiger partial charge in [0.05, 0.1) is 34.5 Å². The molecule has 2 aromatic carbocycles. The molecule has 29 heavy (non-hydrogen) atoms. The highest BCUT2D eigenvalue weighted by Gasteiger charge is 2.35. The van der Waals surface area contributed by atoms with Crippen molar-refractivity contribution in [1.82, 2.24) is 9.78 Å². The zero-order chi connectivity index (χ0) is 21.0. The van der Waals surface area contributed by atoms with Crippen LogP contribution in [0.5, 0.6) is 0 Å². The molecule has 1 aromatic heterocycles. The Labute approximate surface area is 168 Å². The SMILES string of the molecule is N#CCCOC(=O)c1ccc(-c2cc(C(F)(F)F)nn2-c2ccccc2Cl)cc1. The second-order valence-corrected chi connectivity index (χ2v) is 6.30. The fourth-order valence-electron chi connectivity index (χ4n) is 2.58. The molecule has 0 aliphatic rings. The van der Waals surface area contributed by atoms with Gasteiger partial charge in [-0.1, -0.05) is 35.9 Å². The number of carbonyl (C=O) groups excluding carboxylic acids is 1. The van der Waals surface area contributed by atoms with Crippen molar-refractivity contribution in [1.29, 1.82) is 5.26 Å². The van der Waals surface area contributed by atoms with Crippen LogP contribution in [0.25, 0.3) is 16.9 Å². The van der Waals surface area contributed by atoms with Gasteiger partial charge < -0.3 is 4.74 Å². The number of halogens is 4. The van der Waals surface area contributed by atoms with Crippen LogP contribution in [-0.2, 0) is 10.9 Å². The van der Waals surface area contributed by atoms with Crippen molar-refractivity contribution in [2.24, 2.45) is 0 Å². The smallest absolute Gasteiger partial charge is 0.435 e. The molecule has 0 spiro atoms. The summed E-state index contributed by atoms with van der Waals surface area (Å²) in [6.45, 7) is -0.0364. The first kappa shape index (κ1) is 20.4. The van der Waals surface area contributed by atoms with E-state index >= 15 is 0 Å². The molecule has 0 unspecified atom stereocenters. The Morgan fingerprint density at radius 3 is 2.48 bits per heavy atom. The summed E-state index contributed by atoms with van der Waals surface area (Å²) in [5.74, 6) is -0.623. The van der Waals surface area contributed by atoms with E-state index in [1.54, 1.807) is 24.3 Å². The van der Waals surface area contributed by atoms with Crippen molar-refractivity contribution >= 4 is 17.6 Å². The largest absolute Gasteiger partial charge is 0.461 e. The van der Waals surface area contributed by atoms with E-state index in [1.807, 2.05) is 6.07 Å². The highest BCUT2D eigenvalue weighted by Crippen LogP contribution is 2.34. The first-order valence-electron chi connectivity index (χ1n) is 8.38. The predicted molar refractivity (Wildman–Crippen MR) is 99.5 cm³/mol. The Bertz CT molecular complexity index is 1070. The van der Waals surface area contributed by atoms with Crippen molar-refractivity contribution in [3.05, 3.63) is 70.9 Å². The number of ether oxygens (including phenoxy) is 1. The van der Waals surface area contributed by atoms with Crippen molar-refractivity contribution < 1.29 is 22.7 Å². The number of alkyl halides is 3. The Balaban J connectivity index is 2.00. The Morgan fingerprint density at radius 1 is 1.17 bits per heavy atom. The van der Waals surface area contributed by atoms with E-state index in [-0.39, 0.29) is 29.3 Å². The minimum atomic E-state index is -4.63. The maximum atomic E-state index is 13.2. The van der Waals surface area contributed by atoms with Gasteiger partial charge in [-0.2, -0.15) is 23.5 Å². The third-order valence-corrected chi connectivity index (χ3v) is 4.26. The maximum Gasteiger partial charge on any atom is 0.435 e. The van der Waals surface area contributed by atoms with Gasteiger partial charge in [0.25, 0.3) is 0 Å². The zero-order valence-corrected chi connectivity index (χ0v) is 15.5. The monoisotopic (exact) mass is 419 g/mol. The molecule has 0 fully saturated rings. The molecule has 0 aliphatic heterocycles. The van der Waals surface area contributed by atoms with Crippen LogP contribution in [0.3, 0.4) is 0 Å². The lowest BCUT2D eigenvalue weighted by atomic mass is 10.1. The van der Waals surface area contributed by atoms with Gasteiger partial charge in [-0.15, -0.1) is 0 Å². The minimum Gasteiger partial charge on any atom is -0.461 e. The average molecular weight is 420 g/mol. The Kier molecular flexibility index (Phi) is 5.89. The molecule has 1 heterocycles. The zero-order valence-electron chi connectivity index (χ0n) is 14.8. The Morgan fingerprint density at radius 2 is 1.86 bits per heavy atom. The summed E-state index contributed by atoms with van der Waals surface area (Å²) >= 11 is 6.14.